The maximum absolute atomic E-state index is 9.11. The summed E-state index contributed by atoms with van der Waals surface area (Å²) >= 11 is 0. The monoisotopic (exact) mass is 263 g/mol. The fourth-order valence-electron chi connectivity index (χ4n) is 3.18. The quantitative estimate of drug-likeness (QED) is 0.900. The second kappa shape index (κ2) is 5.39. The maximum Gasteiger partial charge on any atom is 0.164 e. The van der Waals surface area contributed by atoms with Crippen molar-refractivity contribution in [3.05, 3.63) is 23.8 Å². The Morgan fingerprint density at radius 3 is 3.00 bits per heavy atom. The number of β-amino-alcohol motifs (C(OH)–C–C–N with tert-alkyl or cyclic N) is 1. The Bertz CT molecular complexity index is 449. The molecule has 4 heteroatoms. The number of fused-ring (bicyclic) bond motifs is 1. The average Bonchev–Trinajstić information content (AvgIpc) is 2.80. The normalized spacial score (nSPS) is 26.6. The summed E-state index contributed by atoms with van der Waals surface area (Å²) in [6, 6.07) is 6.68. The van der Waals surface area contributed by atoms with E-state index >= 15 is 0 Å². The van der Waals surface area contributed by atoms with Crippen LogP contribution >= 0.6 is 0 Å². The molecule has 1 fully saturated rings. The highest BCUT2D eigenvalue weighted by Crippen LogP contribution is 2.42. The smallest absolute Gasteiger partial charge is 0.164 e. The van der Waals surface area contributed by atoms with Crippen molar-refractivity contribution in [3.63, 3.8) is 0 Å². The van der Waals surface area contributed by atoms with Gasteiger partial charge in [0.1, 0.15) is 13.2 Å². The molecule has 0 bridgehead atoms. The van der Waals surface area contributed by atoms with Gasteiger partial charge < -0.3 is 14.6 Å². The summed E-state index contributed by atoms with van der Waals surface area (Å²) in [5.41, 5.74) is 1.25. The van der Waals surface area contributed by atoms with Gasteiger partial charge in [0.2, 0.25) is 0 Å². The number of aliphatic hydroxyl groups excluding tert-OH is 1. The Hall–Kier alpha value is -1.26. The molecule has 4 nitrogen and oxygen atoms in total. The second-order valence-corrected chi connectivity index (χ2v) is 5.37. The Morgan fingerprint density at radius 2 is 2.16 bits per heavy atom. The van der Waals surface area contributed by atoms with Crippen LogP contribution in [0, 0.1) is 0 Å². The number of hydrogen-bond donors (Lipinski definition) is 1. The summed E-state index contributed by atoms with van der Waals surface area (Å²) in [5.74, 6) is 2.27. The maximum atomic E-state index is 9.11. The standard InChI is InChI=1S/C15H21NO3/c1-11-9-12(10-16(11)5-6-17)13-3-2-4-14-15(13)19-8-7-18-14/h2-4,11-12,17H,5-10H2,1H3. The molecule has 0 saturated carbocycles. The average molecular weight is 263 g/mol. The zero-order chi connectivity index (χ0) is 13.2. The SMILES string of the molecule is CC1CC(c2cccc3c2OCCO3)CN1CCO. The van der Waals surface area contributed by atoms with Gasteiger partial charge in [0.15, 0.2) is 11.5 Å². The molecule has 0 aliphatic carbocycles. The van der Waals surface area contributed by atoms with Crippen LogP contribution in [-0.2, 0) is 0 Å². The number of nitrogens with zero attached hydrogens (tertiary/aromatic N) is 1. The lowest BCUT2D eigenvalue weighted by molar-refractivity contribution is 0.168. The third-order valence-electron chi connectivity index (χ3n) is 4.13. The van der Waals surface area contributed by atoms with Crippen LogP contribution < -0.4 is 9.47 Å². The zero-order valence-corrected chi connectivity index (χ0v) is 11.3. The first-order chi connectivity index (χ1) is 9.29. The third kappa shape index (κ3) is 2.42. The molecular formula is C15H21NO3. The Morgan fingerprint density at radius 1 is 1.32 bits per heavy atom. The van der Waals surface area contributed by atoms with Crippen molar-refractivity contribution in [2.45, 2.75) is 25.3 Å². The van der Waals surface area contributed by atoms with Gasteiger partial charge in [0, 0.05) is 30.6 Å². The van der Waals surface area contributed by atoms with Crippen molar-refractivity contribution < 1.29 is 14.6 Å². The highest BCUT2D eigenvalue weighted by molar-refractivity contribution is 5.49. The second-order valence-electron chi connectivity index (χ2n) is 5.37. The minimum Gasteiger partial charge on any atom is -0.486 e. The molecule has 0 spiro atoms. The van der Waals surface area contributed by atoms with Crippen LogP contribution in [-0.4, -0.2) is 49.0 Å². The van der Waals surface area contributed by atoms with Crippen molar-refractivity contribution in [3.8, 4) is 11.5 Å². The first-order valence-corrected chi connectivity index (χ1v) is 7.03. The first-order valence-electron chi connectivity index (χ1n) is 7.03. The van der Waals surface area contributed by atoms with Crippen molar-refractivity contribution in [2.75, 3.05) is 32.9 Å². The highest BCUT2D eigenvalue weighted by Gasteiger charge is 2.32. The van der Waals surface area contributed by atoms with E-state index in [0.717, 1.165) is 31.0 Å². The molecule has 0 radical (unpaired) electrons. The molecule has 2 heterocycles. The molecule has 1 aromatic rings. The van der Waals surface area contributed by atoms with Crippen molar-refractivity contribution in [1.29, 1.82) is 0 Å². The van der Waals surface area contributed by atoms with E-state index in [4.69, 9.17) is 14.6 Å². The summed E-state index contributed by atoms with van der Waals surface area (Å²) in [6.45, 7) is 5.46. The zero-order valence-electron chi connectivity index (χ0n) is 11.3. The van der Waals surface area contributed by atoms with Gasteiger partial charge in [-0.2, -0.15) is 0 Å². The number of hydrogen-bond acceptors (Lipinski definition) is 4. The van der Waals surface area contributed by atoms with Gasteiger partial charge in [-0.25, -0.2) is 0 Å². The molecule has 1 aromatic carbocycles. The Balaban J connectivity index is 1.83. The first kappa shape index (κ1) is 12.8. The van der Waals surface area contributed by atoms with Crippen molar-refractivity contribution in [2.24, 2.45) is 0 Å². The Kier molecular flexibility index (Phi) is 3.62. The minimum atomic E-state index is 0.226. The van der Waals surface area contributed by atoms with E-state index < -0.39 is 0 Å². The summed E-state index contributed by atoms with van der Waals surface area (Å²) < 4.78 is 11.5. The van der Waals surface area contributed by atoms with E-state index in [-0.39, 0.29) is 6.61 Å². The fourth-order valence-corrected chi connectivity index (χ4v) is 3.18. The van der Waals surface area contributed by atoms with Crippen LogP contribution in [0.25, 0.3) is 0 Å². The number of para-hydroxylation sites is 1. The van der Waals surface area contributed by atoms with Crippen LogP contribution in [0.2, 0.25) is 0 Å². The molecular weight excluding hydrogens is 242 g/mol. The van der Waals surface area contributed by atoms with Gasteiger partial charge in [-0.15, -0.1) is 0 Å². The topological polar surface area (TPSA) is 41.9 Å². The summed E-state index contributed by atoms with van der Waals surface area (Å²) in [5, 5.41) is 9.11. The molecule has 0 amide bonds. The van der Waals surface area contributed by atoms with Gasteiger partial charge in [-0.1, -0.05) is 12.1 Å². The van der Waals surface area contributed by atoms with Crippen molar-refractivity contribution >= 4 is 0 Å². The van der Waals surface area contributed by atoms with Gasteiger partial charge in [-0.05, 0) is 19.4 Å². The van der Waals surface area contributed by atoms with Gasteiger partial charge in [0.05, 0.1) is 6.61 Å². The lowest BCUT2D eigenvalue weighted by Gasteiger charge is -2.23. The van der Waals surface area contributed by atoms with Gasteiger partial charge in [0.25, 0.3) is 0 Å². The molecule has 3 rings (SSSR count). The predicted molar refractivity (Wildman–Crippen MR) is 72.9 cm³/mol. The summed E-state index contributed by atoms with van der Waals surface area (Å²) in [7, 11) is 0. The fraction of sp³-hybridized carbons (Fsp3) is 0.600. The molecule has 2 aliphatic heterocycles. The van der Waals surface area contributed by atoms with Crippen LogP contribution in [0.1, 0.15) is 24.8 Å². The highest BCUT2D eigenvalue weighted by atomic mass is 16.6. The minimum absolute atomic E-state index is 0.226. The van der Waals surface area contributed by atoms with E-state index in [2.05, 4.69) is 17.9 Å². The molecule has 2 atom stereocenters. The molecule has 104 valence electrons. The van der Waals surface area contributed by atoms with Gasteiger partial charge in [-0.3, -0.25) is 4.90 Å². The molecule has 2 aliphatic rings. The number of aliphatic hydroxyl groups is 1. The predicted octanol–water partition coefficient (Wildman–Crippen LogP) is 1.63. The number of rotatable bonds is 3. The van der Waals surface area contributed by atoms with E-state index in [9.17, 15) is 0 Å². The molecule has 2 unspecified atom stereocenters. The number of likely N-dealkylation sites (tertiary alicyclic amines) is 1. The largest absolute Gasteiger partial charge is 0.486 e. The number of ether oxygens (including phenoxy) is 2. The lowest BCUT2D eigenvalue weighted by atomic mass is 9.95. The van der Waals surface area contributed by atoms with E-state index in [1.165, 1.54) is 5.56 Å². The van der Waals surface area contributed by atoms with Crippen LogP contribution in [0.3, 0.4) is 0 Å². The van der Waals surface area contributed by atoms with E-state index in [0.29, 0.717) is 25.2 Å². The van der Waals surface area contributed by atoms with Crippen LogP contribution in [0.5, 0.6) is 11.5 Å². The molecule has 1 saturated heterocycles. The van der Waals surface area contributed by atoms with E-state index in [1.807, 2.05) is 12.1 Å². The van der Waals surface area contributed by atoms with Crippen LogP contribution in [0.4, 0.5) is 0 Å². The molecule has 1 N–H and O–H groups in total. The Labute approximate surface area is 113 Å². The van der Waals surface area contributed by atoms with Gasteiger partial charge >= 0.3 is 0 Å². The summed E-state index contributed by atoms with van der Waals surface area (Å²) in [4.78, 5) is 2.34. The summed E-state index contributed by atoms with van der Waals surface area (Å²) in [6.07, 6.45) is 1.11. The number of benzene rings is 1. The molecule has 19 heavy (non-hydrogen) atoms. The lowest BCUT2D eigenvalue weighted by Crippen LogP contribution is -2.30. The van der Waals surface area contributed by atoms with Crippen molar-refractivity contribution in [1.82, 2.24) is 4.90 Å². The third-order valence-corrected chi connectivity index (χ3v) is 4.13. The van der Waals surface area contributed by atoms with Crippen LogP contribution in [0.15, 0.2) is 18.2 Å². The van der Waals surface area contributed by atoms with E-state index in [1.54, 1.807) is 0 Å². The molecule has 0 aromatic heterocycles.